The van der Waals surface area contributed by atoms with E-state index in [1.807, 2.05) is 13.8 Å². The van der Waals surface area contributed by atoms with Gasteiger partial charge in [0.1, 0.15) is 0 Å². The first-order chi connectivity index (χ1) is 7.99. The molecule has 17 heavy (non-hydrogen) atoms. The summed E-state index contributed by atoms with van der Waals surface area (Å²) in [5, 5.41) is 0. The molecule has 2 rings (SSSR count). The third-order valence-electron chi connectivity index (χ3n) is 2.75. The third kappa shape index (κ3) is 2.06. The van der Waals surface area contributed by atoms with E-state index in [0.29, 0.717) is 17.3 Å². The van der Waals surface area contributed by atoms with Gasteiger partial charge in [0, 0.05) is 5.56 Å². The van der Waals surface area contributed by atoms with Gasteiger partial charge >= 0.3 is 0 Å². The second kappa shape index (κ2) is 4.05. The Kier molecular flexibility index (Phi) is 2.71. The SMILES string of the molecule is Cc1cc(C)c(-c2ncc(N)c(N)n2)c(C)c1. The summed E-state index contributed by atoms with van der Waals surface area (Å²) in [6.07, 6.45) is 1.55. The van der Waals surface area contributed by atoms with Crippen LogP contribution >= 0.6 is 0 Å². The van der Waals surface area contributed by atoms with Crippen molar-refractivity contribution in [1.29, 1.82) is 0 Å². The normalized spacial score (nSPS) is 10.5. The van der Waals surface area contributed by atoms with E-state index in [1.165, 1.54) is 5.56 Å². The molecule has 0 saturated heterocycles. The molecule has 0 aliphatic rings. The molecule has 0 spiro atoms. The molecule has 1 heterocycles. The zero-order valence-electron chi connectivity index (χ0n) is 10.3. The van der Waals surface area contributed by atoms with Crippen LogP contribution in [-0.2, 0) is 0 Å². The average Bonchev–Trinajstić information content (AvgIpc) is 2.21. The number of benzene rings is 1. The van der Waals surface area contributed by atoms with E-state index in [1.54, 1.807) is 6.20 Å². The lowest BCUT2D eigenvalue weighted by Gasteiger charge is -2.10. The molecule has 0 bridgehead atoms. The summed E-state index contributed by atoms with van der Waals surface area (Å²) in [7, 11) is 0. The Labute approximate surface area is 101 Å². The number of aryl methyl sites for hydroxylation is 3. The van der Waals surface area contributed by atoms with E-state index in [2.05, 4.69) is 29.0 Å². The van der Waals surface area contributed by atoms with Gasteiger partial charge in [-0.1, -0.05) is 17.7 Å². The summed E-state index contributed by atoms with van der Waals surface area (Å²) >= 11 is 0. The van der Waals surface area contributed by atoms with E-state index in [0.717, 1.165) is 16.7 Å². The number of aromatic nitrogens is 2. The quantitative estimate of drug-likeness (QED) is 0.784. The van der Waals surface area contributed by atoms with Crippen LogP contribution in [0.25, 0.3) is 11.4 Å². The van der Waals surface area contributed by atoms with Gasteiger partial charge in [-0.25, -0.2) is 9.97 Å². The fourth-order valence-corrected chi connectivity index (χ4v) is 2.06. The van der Waals surface area contributed by atoms with Crippen molar-refractivity contribution < 1.29 is 0 Å². The van der Waals surface area contributed by atoms with Gasteiger partial charge in [0.2, 0.25) is 0 Å². The number of anilines is 2. The number of nitrogens with two attached hydrogens (primary N) is 2. The molecule has 0 unspecified atom stereocenters. The Hall–Kier alpha value is -2.10. The second-order valence-electron chi connectivity index (χ2n) is 4.31. The van der Waals surface area contributed by atoms with Crippen LogP contribution in [0.2, 0.25) is 0 Å². The molecule has 0 radical (unpaired) electrons. The molecule has 88 valence electrons. The predicted molar refractivity (Wildman–Crippen MR) is 70.5 cm³/mol. The highest BCUT2D eigenvalue weighted by atomic mass is 15.0. The Morgan fingerprint density at radius 1 is 1.00 bits per heavy atom. The van der Waals surface area contributed by atoms with Crippen LogP contribution in [0.1, 0.15) is 16.7 Å². The zero-order chi connectivity index (χ0) is 12.6. The summed E-state index contributed by atoms with van der Waals surface area (Å²) < 4.78 is 0. The standard InChI is InChI=1S/C13H16N4/c1-7-4-8(2)11(9(3)5-7)13-16-6-10(14)12(15)17-13/h4-6H,14H2,1-3H3,(H2,15,16,17). The van der Waals surface area contributed by atoms with Crippen LogP contribution < -0.4 is 11.5 Å². The smallest absolute Gasteiger partial charge is 0.162 e. The summed E-state index contributed by atoms with van der Waals surface area (Å²) in [6.45, 7) is 6.17. The topological polar surface area (TPSA) is 77.8 Å². The van der Waals surface area contributed by atoms with Crippen LogP contribution in [0.15, 0.2) is 18.3 Å². The maximum Gasteiger partial charge on any atom is 0.162 e. The van der Waals surface area contributed by atoms with Crippen LogP contribution in [0.3, 0.4) is 0 Å². The van der Waals surface area contributed by atoms with E-state index < -0.39 is 0 Å². The van der Waals surface area contributed by atoms with Gasteiger partial charge in [0.05, 0.1) is 11.9 Å². The van der Waals surface area contributed by atoms with Crippen LogP contribution in [0.4, 0.5) is 11.5 Å². The lowest BCUT2D eigenvalue weighted by Crippen LogP contribution is -2.02. The van der Waals surface area contributed by atoms with Crippen LogP contribution in [0.5, 0.6) is 0 Å². The minimum Gasteiger partial charge on any atom is -0.394 e. The fraction of sp³-hybridized carbons (Fsp3) is 0.231. The highest BCUT2D eigenvalue weighted by Crippen LogP contribution is 2.26. The van der Waals surface area contributed by atoms with Crippen LogP contribution in [0, 0.1) is 20.8 Å². The Morgan fingerprint density at radius 2 is 1.59 bits per heavy atom. The molecule has 0 atom stereocenters. The molecule has 0 aliphatic carbocycles. The monoisotopic (exact) mass is 228 g/mol. The van der Waals surface area contributed by atoms with Crippen molar-refractivity contribution in [3.05, 3.63) is 35.0 Å². The Bertz CT molecular complexity index is 553. The van der Waals surface area contributed by atoms with Gasteiger partial charge in [-0.2, -0.15) is 0 Å². The van der Waals surface area contributed by atoms with Crippen molar-refractivity contribution in [2.24, 2.45) is 0 Å². The van der Waals surface area contributed by atoms with Crippen molar-refractivity contribution in [3.8, 4) is 11.4 Å². The van der Waals surface area contributed by atoms with Crippen molar-refractivity contribution >= 4 is 11.5 Å². The molecule has 0 saturated carbocycles. The summed E-state index contributed by atoms with van der Waals surface area (Å²) in [4.78, 5) is 8.48. The molecule has 2 aromatic rings. The van der Waals surface area contributed by atoms with Gasteiger partial charge in [-0.05, 0) is 31.9 Å². The Morgan fingerprint density at radius 3 is 2.12 bits per heavy atom. The maximum absolute atomic E-state index is 5.71. The van der Waals surface area contributed by atoms with Crippen molar-refractivity contribution in [2.75, 3.05) is 11.5 Å². The molecular formula is C13H16N4. The minimum absolute atomic E-state index is 0.328. The summed E-state index contributed by atoms with van der Waals surface area (Å²) in [5.74, 6) is 0.959. The van der Waals surface area contributed by atoms with Gasteiger partial charge < -0.3 is 11.5 Å². The largest absolute Gasteiger partial charge is 0.394 e. The summed E-state index contributed by atoms with van der Waals surface area (Å²) in [6, 6.07) is 4.22. The highest BCUT2D eigenvalue weighted by molar-refractivity contribution is 5.68. The molecule has 1 aromatic heterocycles. The lowest BCUT2D eigenvalue weighted by molar-refractivity contribution is 1.16. The first-order valence-electron chi connectivity index (χ1n) is 5.45. The number of nitrogens with zero attached hydrogens (tertiary/aromatic N) is 2. The minimum atomic E-state index is 0.328. The lowest BCUT2D eigenvalue weighted by atomic mass is 9.99. The summed E-state index contributed by atoms with van der Waals surface area (Å²) in [5.41, 5.74) is 16.3. The average molecular weight is 228 g/mol. The van der Waals surface area contributed by atoms with E-state index in [9.17, 15) is 0 Å². The van der Waals surface area contributed by atoms with Crippen molar-refractivity contribution in [1.82, 2.24) is 9.97 Å². The van der Waals surface area contributed by atoms with Crippen molar-refractivity contribution in [2.45, 2.75) is 20.8 Å². The Balaban J connectivity index is 2.64. The van der Waals surface area contributed by atoms with Gasteiger partial charge in [0.15, 0.2) is 11.6 Å². The molecule has 4 heteroatoms. The number of nitrogen functional groups attached to an aromatic ring is 2. The molecule has 0 aliphatic heterocycles. The van der Waals surface area contributed by atoms with Gasteiger partial charge in [0.25, 0.3) is 0 Å². The van der Waals surface area contributed by atoms with E-state index >= 15 is 0 Å². The third-order valence-corrected chi connectivity index (χ3v) is 2.75. The molecule has 0 fully saturated rings. The van der Waals surface area contributed by atoms with Gasteiger partial charge in [-0.3, -0.25) is 0 Å². The first kappa shape index (κ1) is 11.4. The molecule has 0 amide bonds. The number of hydrogen-bond acceptors (Lipinski definition) is 4. The molecule has 4 N–H and O–H groups in total. The second-order valence-corrected chi connectivity index (χ2v) is 4.31. The molecule has 4 nitrogen and oxygen atoms in total. The molecular weight excluding hydrogens is 212 g/mol. The highest BCUT2D eigenvalue weighted by Gasteiger charge is 2.10. The number of rotatable bonds is 1. The van der Waals surface area contributed by atoms with E-state index in [-0.39, 0.29) is 0 Å². The predicted octanol–water partition coefficient (Wildman–Crippen LogP) is 2.23. The maximum atomic E-state index is 5.71. The zero-order valence-corrected chi connectivity index (χ0v) is 10.3. The number of hydrogen-bond donors (Lipinski definition) is 2. The first-order valence-corrected chi connectivity index (χ1v) is 5.45. The van der Waals surface area contributed by atoms with Crippen molar-refractivity contribution in [3.63, 3.8) is 0 Å². The van der Waals surface area contributed by atoms with Gasteiger partial charge in [-0.15, -0.1) is 0 Å². The van der Waals surface area contributed by atoms with Crippen LogP contribution in [-0.4, -0.2) is 9.97 Å². The molecule has 1 aromatic carbocycles. The fourth-order valence-electron chi connectivity index (χ4n) is 2.06. The van der Waals surface area contributed by atoms with E-state index in [4.69, 9.17) is 11.5 Å².